The number of aromatic nitrogens is 3. The summed E-state index contributed by atoms with van der Waals surface area (Å²) in [5, 5.41) is 21.7. The van der Waals surface area contributed by atoms with Crippen LogP contribution in [0.25, 0.3) is 0 Å². The van der Waals surface area contributed by atoms with Crippen molar-refractivity contribution in [3.05, 3.63) is 46.8 Å². The number of hydrogen-bond donors (Lipinski definition) is 7. The number of nitrogens with two attached hydrogens (primary N) is 3. The molecule has 0 bridgehead atoms. The van der Waals surface area contributed by atoms with Gasteiger partial charge in [0.15, 0.2) is 0 Å². The van der Waals surface area contributed by atoms with E-state index < -0.39 is 75.1 Å². The summed E-state index contributed by atoms with van der Waals surface area (Å²) in [7, 11) is -3.06. The molecule has 2 aliphatic heterocycles. The number of carbonyl (C=O) groups excluding carboxylic acids is 6. The van der Waals surface area contributed by atoms with Gasteiger partial charge in [-0.25, -0.2) is 4.68 Å². The van der Waals surface area contributed by atoms with Gasteiger partial charge in [0, 0.05) is 35.6 Å². The molecule has 1 aromatic carbocycles. The van der Waals surface area contributed by atoms with Crippen LogP contribution in [0.15, 0.2) is 24.4 Å². The molecular weight excluding hydrogens is 696 g/mol. The second-order valence-corrected chi connectivity index (χ2v) is 17.2. The van der Waals surface area contributed by atoms with Crippen molar-refractivity contribution < 1.29 is 43.0 Å². The Hall–Kier alpha value is -4.39. The van der Waals surface area contributed by atoms with Crippen LogP contribution in [0.5, 0.6) is 0 Å². The minimum Gasteiger partial charge on any atom is -0.384 e. The molecule has 284 valence electrons. The standard InChI is InChI=1S/C34H48N8O9S/c1-33(2,49)26-17-38-40-42(26)21-16-25(31(47)39-34(27(43)30(37)46)10-12-52(50,51)13-11-34)41(18-21)32(48)24(14-19-6-4-3-5-7-19)23-15-20(28(35)44)8-9-22(23)29(36)45/h8-9,15,17,19,21,24-25,49-51H,3-7,10-14,16,18H2,1-2H3,(H2,35,44)(H2,36,45)(H2,37,46)(H,39,47)/t21-,24?,25-/m0/s1. The van der Waals surface area contributed by atoms with Gasteiger partial charge >= 0.3 is 0 Å². The fraction of sp³-hybridized carbons (Fsp3) is 0.588. The number of nitrogens with zero attached hydrogens (tertiary/aromatic N) is 4. The average molecular weight is 745 g/mol. The molecule has 3 fully saturated rings. The average Bonchev–Trinajstić information content (AvgIpc) is 3.76. The summed E-state index contributed by atoms with van der Waals surface area (Å²) in [5.41, 5.74) is 14.1. The normalized spacial score (nSPS) is 23.0. The van der Waals surface area contributed by atoms with Crippen molar-refractivity contribution >= 4 is 45.9 Å². The fourth-order valence-electron chi connectivity index (χ4n) is 7.85. The summed E-state index contributed by atoms with van der Waals surface area (Å²) in [6, 6.07) is 2.12. The second-order valence-electron chi connectivity index (χ2n) is 14.8. The molecule has 17 nitrogen and oxygen atoms in total. The van der Waals surface area contributed by atoms with Gasteiger partial charge in [-0.05, 0) is 62.8 Å². The highest BCUT2D eigenvalue weighted by atomic mass is 32.3. The zero-order valence-electron chi connectivity index (χ0n) is 29.3. The number of ketones is 1. The molecule has 1 saturated carbocycles. The van der Waals surface area contributed by atoms with E-state index in [1.54, 1.807) is 0 Å². The van der Waals surface area contributed by atoms with E-state index in [1.165, 1.54) is 47.8 Å². The molecule has 52 heavy (non-hydrogen) atoms. The zero-order valence-corrected chi connectivity index (χ0v) is 30.1. The van der Waals surface area contributed by atoms with E-state index in [-0.39, 0.29) is 66.3 Å². The van der Waals surface area contributed by atoms with Gasteiger partial charge in [0.25, 0.3) is 5.91 Å². The highest BCUT2D eigenvalue weighted by molar-refractivity contribution is 8.24. The van der Waals surface area contributed by atoms with Gasteiger partial charge in [-0.3, -0.25) is 37.9 Å². The first-order valence-corrected chi connectivity index (χ1v) is 19.3. The third-order valence-electron chi connectivity index (χ3n) is 10.7. The minimum atomic E-state index is -3.06. The maximum absolute atomic E-state index is 15.1. The maximum Gasteiger partial charge on any atom is 0.287 e. The summed E-state index contributed by atoms with van der Waals surface area (Å²) < 4.78 is 22.0. The van der Waals surface area contributed by atoms with Crippen LogP contribution in [0, 0.1) is 5.92 Å². The van der Waals surface area contributed by atoms with Crippen LogP contribution in [0.2, 0.25) is 0 Å². The Morgan fingerprint density at radius 3 is 2.25 bits per heavy atom. The molecule has 1 aliphatic carbocycles. The van der Waals surface area contributed by atoms with Crippen molar-refractivity contribution in [3.8, 4) is 0 Å². The predicted octanol–water partition coefficient (Wildman–Crippen LogP) is 1.05. The Morgan fingerprint density at radius 1 is 1.02 bits per heavy atom. The predicted molar refractivity (Wildman–Crippen MR) is 189 cm³/mol. The smallest absolute Gasteiger partial charge is 0.287 e. The fourth-order valence-corrected chi connectivity index (χ4v) is 9.40. The van der Waals surface area contributed by atoms with E-state index in [4.69, 9.17) is 17.2 Å². The maximum atomic E-state index is 15.1. The Labute approximate surface area is 302 Å². The molecule has 2 saturated heterocycles. The number of carbonyl (C=O) groups is 6. The van der Waals surface area contributed by atoms with Crippen molar-refractivity contribution in [2.75, 3.05) is 18.1 Å². The quantitative estimate of drug-likeness (QED) is 0.151. The van der Waals surface area contributed by atoms with Crippen LogP contribution in [-0.4, -0.2) is 99.1 Å². The molecule has 0 radical (unpaired) electrons. The third kappa shape index (κ3) is 8.14. The van der Waals surface area contributed by atoms with Crippen molar-refractivity contribution in [1.29, 1.82) is 0 Å². The number of rotatable bonds is 12. The van der Waals surface area contributed by atoms with Crippen molar-refractivity contribution in [3.63, 3.8) is 0 Å². The topological polar surface area (TPSA) is 287 Å². The van der Waals surface area contributed by atoms with Crippen LogP contribution >= 0.6 is 10.6 Å². The van der Waals surface area contributed by atoms with Gasteiger partial charge < -0.3 is 32.5 Å². The molecule has 5 amide bonds. The van der Waals surface area contributed by atoms with E-state index in [0.717, 1.165) is 32.1 Å². The molecule has 1 aromatic heterocycles. The lowest BCUT2D eigenvalue weighted by Crippen LogP contribution is -2.63. The number of benzene rings is 1. The number of likely N-dealkylation sites (tertiary alicyclic amines) is 1. The first-order chi connectivity index (χ1) is 24.3. The highest BCUT2D eigenvalue weighted by Gasteiger charge is 2.51. The van der Waals surface area contributed by atoms with Gasteiger partial charge in [0.1, 0.15) is 17.2 Å². The van der Waals surface area contributed by atoms with E-state index >= 15 is 4.79 Å². The van der Waals surface area contributed by atoms with Gasteiger partial charge in [0.05, 0.1) is 23.9 Å². The number of nitrogens with one attached hydrogen (secondary N) is 1. The van der Waals surface area contributed by atoms with Crippen LogP contribution in [0.4, 0.5) is 0 Å². The summed E-state index contributed by atoms with van der Waals surface area (Å²) in [4.78, 5) is 81.3. The molecule has 10 N–H and O–H groups in total. The van der Waals surface area contributed by atoms with Crippen LogP contribution in [0.3, 0.4) is 0 Å². The number of aliphatic hydroxyl groups is 1. The lowest BCUT2D eigenvalue weighted by atomic mass is 9.78. The first-order valence-electron chi connectivity index (χ1n) is 17.4. The summed E-state index contributed by atoms with van der Waals surface area (Å²) in [6.07, 6.45) is 5.62. The Morgan fingerprint density at radius 2 is 1.67 bits per heavy atom. The SMILES string of the molecule is CC(C)(O)c1cnnn1[C@H]1C[C@@H](C(=O)NC2(C(=O)C(N)=O)CCS(O)(O)CC2)N(C(=O)C(CC2CCCCC2)c2cc(C(N)=O)ccc2C(N)=O)C1. The van der Waals surface area contributed by atoms with E-state index in [9.17, 15) is 38.2 Å². The minimum absolute atomic E-state index is 0.0173. The van der Waals surface area contributed by atoms with Gasteiger partial charge in [-0.2, -0.15) is 10.6 Å². The first kappa shape index (κ1) is 38.8. The van der Waals surface area contributed by atoms with Crippen molar-refractivity contribution in [2.24, 2.45) is 23.1 Å². The van der Waals surface area contributed by atoms with Gasteiger partial charge in [0.2, 0.25) is 29.4 Å². The molecule has 3 atom stereocenters. The Bertz CT molecular complexity index is 1740. The third-order valence-corrected chi connectivity index (χ3v) is 12.4. The molecule has 3 aliphatic rings. The van der Waals surface area contributed by atoms with Crippen LogP contribution in [0.1, 0.15) is 116 Å². The largest absolute Gasteiger partial charge is 0.384 e. The zero-order chi connectivity index (χ0) is 38.2. The van der Waals surface area contributed by atoms with E-state index in [0.29, 0.717) is 5.69 Å². The molecule has 2 aromatic rings. The van der Waals surface area contributed by atoms with Crippen LogP contribution < -0.4 is 22.5 Å². The lowest BCUT2D eigenvalue weighted by Gasteiger charge is -2.45. The van der Waals surface area contributed by atoms with Crippen molar-refractivity contribution in [2.45, 2.75) is 101 Å². The molecule has 3 heterocycles. The summed E-state index contributed by atoms with van der Waals surface area (Å²) >= 11 is 0. The highest BCUT2D eigenvalue weighted by Crippen LogP contribution is 2.47. The Kier molecular flexibility index (Phi) is 11.1. The molecule has 5 rings (SSSR count). The second kappa shape index (κ2) is 14.9. The monoisotopic (exact) mass is 744 g/mol. The Balaban J connectivity index is 1.60. The number of hydrogen-bond acceptors (Lipinski definition) is 11. The number of primary amides is 3. The summed E-state index contributed by atoms with van der Waals surface area (Å²) in [5.74, 6) is -6.87. The molecule has 18 heteroatoms. The van der Waals surface area contributed by atoms with Crippen molar-refractivity contribution in [1.82, 2.24) is 25.2 Å². The molecule has 1 unspecified atom stereocenters. The lowest BCUT2D eigenvalue weighted by molar-refractivity contribution is -0.145. The number of Topliss-reactive ketones (excluding diaryl/α,β-unsaturated/α-hetero) is 1. The van der Waals surface area contributed by atoms with Gasteiger partial charge in [-0.15, -0.1) is 5.10 Å². The molecule has 0 spiro atoms. The summed E-state index contributed by atoms with van der Waals surface area (Å²) in [6.45, 7) is 2.96. The number of amides is 5. The van der Waals surface area contributed by atoms with E-state index in [1.807, 2.05) is 0 Å². The van der Waals surface area contributed by atoms with E-state index in [2.05, 4.69) is 15.6 Å². The van der Waals surface area contributed by atoms with Gasteiger partial charge in [-0.1, -0.05) is 37.3 Å². The van der Waals surface area contributed by atoms with Crippen LogP contribution in [-0.2, 0) is 24.8 Å². The molecular formula is C34H48N8O9S.